The van der Waals surface area contributed by atoms with Crippen LogP contribution in [0, 0.1) is 17.0 Å². The third-order valence-electron chi connectivity index (χ3n) is 4.04. The molecule has 9 heteroatoms. The van der Waals surface area contributed by atoms with Gasteiger partial charge in [-0.25, -0.2) is 9.97 Å². The predicted octanol–water partition coefficient (Wildman–Crippen LogP) is 2.18. The fourth-order valence-corrected chi connectivity index (χ4v) is 2.70. The highest BCUT2D eigenvalue weighted by atomic mass is 16.6. The molecule has 1 aliphatic rings. The molecule has 0 atom stereocenters. The molecule has 0 aromatic carbocycles. The number of pyridine rings is 2. The van der Waals surface area contributed by atoms with Gasteiger partial charge in [0.25, 0.3) is 0 Å². The lowest BCUT2D eigenvalue weighted by Crippen LogP contribution is -2.39. The van der Waals surface area contributed by atoms with Crippen LogP contribution >= 0.6 is 0 Å². The third-order valence-corrected chi connectivity index (χ3v) is 4.04. The number of hydrogen-bond donors (Lipinski definition) is 2. The van der Waals surface area contributed by atoms with Gasteiger partial charge in [-0.15, -0.1) is 0 Å². The zero-order chi connectivity index (χ0) is 18.4. The summed E-state index contributed by atoms with van der Waals surface area (Å²) in [5.41, 5.74) is 0.829. The van der Waals surface area contributed by atoms with E-state index in [-0.39, 0.29) is 11.5 Å². The standard InChI is InChI=1S/C17H22N6O3/c1-13-3-2-4-15(19-13)20-16-6-5-14(23(24)25)17(21-16)18-7-8-22-9-11-26-12-10-22/h2-6H,7-12H2,1H3,(H2,18,19,20,21). The van der Waals surface area contributed by atoms with Crippen LogP contribution in [0.25, 0.3) is 0 Å². The zero-order valence-corrected chi connectivity index (χ0v) is 14.6. The molecule has 0 saturated carbocycles. The van der Waals surface area contributed by atoms with Crippen molar-refractivity contribution < 1.29 is 9.66 Å². The minimum absolute atomic E-state index is 0.0465. The van der Waals surface area contributed by atoms with Gasteiger partial charge in [-0.2, -0.15) is 0 Å². The Morgan fingerprint density at radius 1 is 1.19 bits per heavy atom. The second kappa shape index (κ2) is 8.54. The molecule has 0 bridgehead atoms. The summed E-state index contributed by atoms with van der Waals surface area (Å²) in [5, 5.41) is 17.4. The maximum atomic E-state index is 11.3. The number of aryl methyl sites for hydroxylation is 1. The van der Waals surface area contributed by atoms with Crippen molar-refractivity contribution in [3.63, 3.8) is 0 Å². The number of rotatable bonds is 7. The van der Waals surface area contributed by atoms with Crippen molar-refractivity contribution in [2.45, 2.75) is 6.92 Å². The summed E-state index contributed by atoms with van der Waals surface area (Å²) in [6, 6.07) is 8.63. The molecule has 2 N–H and O–H groups in total. The first-order valence-corrected chi connectivity index (χ1v) is 8.52. The van der Waals surface area contributed by atoms with Crippen LogP contribution in [0.3, 0.4) is 0 Å². The van der Waals surface area contributed by atoms with Crippen molar-refractivity contribution in [3.8, 4) is 0 Å². The average molecular weight is 358 g/mol. The molecule has 2 aromatic rings. The highest BCUT2D eigenvalue weighted by Crippen LogP contribution is 2.25. The van der Waals surface area contributed by atoms with E-state index < -0.39 is 4.92 Å². The van der Waals surface area contributed by atoms with Gasteiger partial charge in [0.05, 0.1) is 18.1 Å². The van der Waals surface area contributed by atoms with Crippen molar-refractivity contribution in [1.82, 2.24) is 14.9 Å². The molecule has 0 amide bonds. The van der Waals surface area contributed by atoms with Crippen molar-refractivity contribution in [2.24, 2.45) is 0 Å². The molecular weight excluding hydrogens is 336 g/mol. The fourth-order valence-electron chi connectivity index (χ4n) is 2.70. The lowest BCUT2D eigenvalue weighted by Gasteiger charge is -2.26. The fraction of sp³-hybridized carbons (Fsp3) is 0.412. The number of nitrogens with one attached hydrogen (secondary N) is 2. The maximum Gasteiger partial charge on any atom is 0.311 e. The van der Waals surface area contributed by atoms with Crippen LogP contribution in [-0.4, -0.2) is 59.2 Å². The second-order valence-corrected chi connectivity index (χ2v) is 5.99. The Kier molecular flexibility index (Phi) is 5.92. The molecule has 1 fully saturated rings. The van der Waals surface area contributed by atoms with E-state index in [1.807, 2.05) is 25.1 Å². The Bertz CT molecular complexity index is 764. The number of hydrogen-bond acceptors (Lipinski definition) is 8. The second-order valence-electron chi connectivity index (χ2n) is 5.99. The van der Waals surface area contributed by atoms with Gasteiger partial charge in [0.1, 0.15) is 11.6 Å². The van der Waals surface area contributed by atoms with Gasteiger partial charge < -0.3 is 15.4 Å². The topological polar surface area (TPSA) is 105 Å². The van der Waals surface area contributed by atoms with Gasteiger partial charge in [-0.3, -0.25) is 15.0 Å². The van der Waals surface area contributed by atoms with E-state index in [1.165, 1.54) is 6.07 Å². The van der Waals surface area contributed by atoms with Gasteiger partial charge in [0.15, 0.2) is 0 Å². The predicted molar refractivity (Wildman–Crippen MR) is 98.9 cm³/mol. The minimum Gasteiger partial charge on any atom is -0.379 e. The quantitative estimate of drug-likeness (QED) is 0.573. The largest absolute Gasteiger partial charge is 0.379 e. The molecule has 1 saturated heterocycles. The number of nitrogens with zero attached hydrogens (tertiary/aromatic N) is 4. The van der Waals surface area contributed by atoms with Crippen molar-refractivity contribution in [1.29, 1.82) is 0 Å². The van der Waals surface area contributed by atoms with Crippen LogP contribution in [0.4, 0.5) is 23.1 Å². The Balaban J connectivity index is 1.68. The molecule has 3 heterocycles. The first-order valence-electron chi connectivity index (χ1n) is 8.52. The molecule has 138 valence electrons. The van der Waals surface area contributed by atoms with Crippen molar-refractivity contribution in [2.75, 3.05) is 50.0 Å². The molecule has 0 radical (unpaired) electrons. The van der Waals surface area contributed by atoms with E-state index in [0.717, 1.165) is 38.5 Å². The van der Waals surface area contributed by atoms with E-state index in [1.54, 1.807) is 6.07 Å². The van der Waals surface area contributed by atoms with Crippen molar-refractivity contribution in [3.05, 3.63) is 46.1 Å². The SMILES string of the molecule is Cc1cccc(Nc2ccc([N+](=O)[O-])c(NCCN3CCOCC3)n2)n1. The lowest BCUT2D eigenvalue weighted by molar-refractivity contribution is -0.384. The Morgan fingerprint density at radius 2 is 1.96 bits per heavy atom. The van der Waals surface area contributed by atoms with Crippen molar-refractivity contribution >= 4 is 23.1 Å². The van der Waals surface area contributed by atoms with E-state index in [4.69, 9.17) is 4.74 Å². The van der Waals surface area contributed by atoms with Crippen LogP contribution in [0.2, 0.25) is 0 Å². The van der Waals surface area contributed by atoms with E-state index in [0.29, 0.717) is 18.2 Å². The normalized spacial score (nSPS) is 14.8. The highest BCUT2D eigenvalue weighted by Gasteiger charge is 2.17. The van der Waals surface area contributed by atoms with E-state index in [2.05, 4.69) is 25.5 Å². The molecule has 26 heavy (non-hydrogen) atoms. The summed E-state index contributed by atoms with van der Waals surface area (Å²) < 4.78 is 5.32. The molecule has 2 aromatic heterocycles. The Labute approximate surface area is 151 Å². The van der Waals surface area contributed by atoms with Gasteiger partial charge in [-0.1, -0.05) is 6.07 Å². The third kappa shape index (κ3) is 4.87. The number of anilines is 3. The lowest BCUT2D eigenvalue weighted by atomic mass is 10.3. The van der Waals surface area contributed by atoms with Gasteiger partial charge in [0.2, 0.25) is 5.82 Å². The first-order chi connectivity index (χ1) is 12.6. The minimum atomic E-state index is -0.432. The number of aromatic nitrogens is 2. The molecule has 0 aliphatic carbocycles. The number of nitro groups is 1. The first kappa shape index (κ1) is 18.0. The smallest absolute Gasteiger partial charge is 0.311 e. The molecule has 3 rings (SSSR count). The van der Waals surface area contributed by atoms with Crippen LogP contribution in [0.5, 0.6) is 0 Å². The van der Waals surface area contributed by atoms with E-state index in [9.17, 15) is 10.1 Å². The molecule has 0 spiro atoms. The molecule has 9 nitrogen and oxygen atoms in total. The summed E-state index contributed by atoms with van der Waals surface area (Å²) in [4.78, 5) is 21.8. The molecular formula is C17H22N6O3. The van der Waals surface area contributed by atoms with Gasteiger partial charge in [-0.05, 0) is 25.1 Å². The molecule has 1 aliphatic heterocycles. The van der Waals surface area contributed by atoms with Gasteiger partial charge in [0, 0.05) is 37.9 Å². The zero-order valence-electron chi connectivity index (χ0n) is 14.6. The summed E-state index contributed by atoms with van der Waals surface area (Å²) >= 11 is 0. The maximum absolute atomic E-state index is 11.3. The molecule has 0 unspecified atom stereocenters. The van der Waals surface area contributed by atoms with E-state index >= 15 is 0 Å². The summed E-state index contributed by atoms with van der Waals surface area (Å²) in [7, 11) is 0. The summed E-state index contributed by atoms with van der Waals surface area (Å²) in [6.07, 6.45) is 0. The highest BCUT2D eigenvalue weighted by molar-refractivity contribution is 5.63. The average Bonchev–Trinajstić information content (AvgIpc) is 2.63. The summed E-state index contributed by atoms with van der Waals surface area (Å²) in [5.74, 6) is 1.40. The van der Waals surface area contributed by atoms with Gasteiger partial charge >= 0.3 is 5.69 Å². The Morgan fingerprint density at radius 3 is 2.69 bits per heavy atom. The monoisotopic (exact) mass is 358 g/mol. The van der Waals surface area contributed by atoms with Crippen LogP contribution in [0.1, 0.15) is 5.69 Å². The van der Waals surface area contributed by atoms with Crippen LogP contribution < -0.4 is 10.6 Å². The van der Waals surface area contributed by atoms with Crippen LogP contribution in [-0.2, 0) is 4.74 Å². The van der Waals surface area contributed by atoms with Crippen LogP contribution in [0.15, 0.2) is 30.3 Å². The Hall–Kier alpha value is -2.78. The number of morpholine rings is 1. The number of ether oxygens (including phenoxy) is 1. The summed E-state index contributed by atoms with van der Waals surface area (Å²) in [6.45, 7) is 6.44.